The van der Waals surface area contributed by atoms with Gasteiger partial charge in [-0.15, -0.1) is 6.42 Å². The van der Waals surface area contributed by atoms with E-state index in [1.807, 2.05) is 18.2 Å². The second kappa shape index (κ2) is 4.86. The van der Waals surface area contributed by atoms with Gasteiger partial charge in [-0.05, 0) is 12.1 Å². The molecule has 17 heavy (non-hydrogen) atoms. The third-order valence-electron chi connectivity index (χ3n) is 2.28. The molecule has 0 saturated heterocycles. The van der Waals surface area contributed by atoms with Crippen LogP contribution in [-0.4, -0.2) is 17.4 Å². The number of nitrogens with zero attached hydrogens (tertiary/aromatic N) is 1. The van der Waals surface area contributed by atoms with E-state index in [1.54, 1.807) is 6.07 Å². The number of fused-ring (bicyclic) bond motifs is 1. The van der Waals surface area contributed by atoms with E-state index < -0.39 is 0 Å². The third kappa shape index (κ3) is 2.38. The zero-order chi connectivity index (χ0) is 12.3. The van der Waals surface area contributed by atoms with Gasteiger partial charge in [0, 0.05) is 5.39 Å². The van der Waals surface area contributed by atoms with Crippen LogP contribution in [0.5, 0.6) is 0 Å². The monoisotopic (exact) mass is 244 g/mol. The summed E-state index contributed by atoms with van der Waals surface area (Å²) >= 11 is 5.87. The zero-order valence-electron chi connectivity index (χ0n) is 8.90. The Morgan fingerprint density at radius 1 is 1.47 bits per heavy atom. The summed E-state index contributed by atoms with van der Waals surface area (Å²) in [6, 6.07) is 8.85. The summed E-state index contributed by atoms with van der Waals surface area (Å²) in [6.07, 6.45) is 5.09. The van der Waals surface area contributed by atoms with Crippen molar-refractivity contribution in [1.82, 2.24) is 10.3 Å². The van der Waals surface area contributed by atoms with Gasteiger partial charge in [0.2, 0.25) is 0 Å². The van der Waals surface area contributed by atoms with Crippen LogP contribution in [0.2, 0.25) is 5.15 Å². The van der Waals surface area contributed by atoms with Gasteiger partial charge in [0.15, 0.2) is 0 Å². The molecular formula is C13H9ClN2O. The summed E-state index contributed by atoms with van der Waals surface area (Å²) in [7, 11) is 0. The molecule has 0 unspecified atom stereocenters. The molecule has 0 fully saturated rings. The number of pyridine rings is 1. The van der Waals surface area contributed by atoms with Crippen molar-refractivity contribution in [2.45, 2.75) is 0 Å². The van der Waals surface area contributed by atoms with Crippen molar-refractivity contribution in [2.75, 3.05) is 6.54 Å². The number of benzene rings is 1. The molecule has 0 aliphatic rings. The van der Waals surface area contributed by atoms with Crippen LogP contribution in [0.4, 0.5) is 0 Å². The van der Waals surface area contributed by atoms with Gasteiger partial charge in [-0.1, -0.05) is 35.7 Å². The van der Waals surface area contributed by atoms with E-state index >= 15 is 0 Å². The van der Waals surface area contributed by atoms with Crippen LogP contribution in [0.15, 0.2) is 30.3 Å². The lowest BCUT2D eigenvalue weighted by Crippen LogP contribution is -2.23. The number of nitrogens with one attached hydrogen (secondary N) is 1. The number of terminal acetylenes is 1. The number of para-hydroxylation sites is 1. The average Bonchev–Trinajstić information content (AvgIpc) is 2.34. The molecule has 0 atom stereocenters. The van der Waals surface area contributed by atoms with Gasteiger partial charge in [-0.3, -0.25) is 4.79 Å². The molecule has 1 heterocycles. The maximum Gasteiger partial charge on any atom is 0.252 e. The molecule has 0 saturated carbocycles. The first-order chi connectivity index (χ1) is 8.22. The molecule has 0 aliphatic heterocycles. The predicted octanol–water partition coefficient (Wildman–Crippen LogP) is 2.25. The molecule has 3 nitrogen and oxygen atoms in total. The fraction of sp³-hybridized carbons (Fsp3) is 0.0769. The molecule has 0 aliphatic carbocycles. The minimum Gasteiger partial charge on any atom is -0.341 e. The molecule has 1 N–H and O–H groups in total. The fourth-order valence-electron chi connectivity index (χ4n) is 1.56. The van der Waals surface area contributed by atoms with Crippen LogP contribution in [0, 0.1) is 12.3 Å². The van der Waals surface area contributed by atoms with Crippen molar-refractivity contribution in [1.29, 1.82) is 0 Å². The number of carbonyl (C=O) groups is 1. The standard InChI is InChI=1S/C13H9ClN2O/c1-2-7-15-13(17)10-8-12(14)16-11-6-4-3-5-9(10)11/h1,3-6,8H,7H2,(H,15,17). The van der Waals surface area contributed by atoms with E-state index in [1.165, 1.54) is 6.07 Å². The van der Waals surface area contributed by atoms with Gasteiger partial charge < -0.3 is 5.32 Å². The van der Waals surface area contributed by atoms with Gasteiger partial charge in [-0.2, -0.15) is 0 Å². The van der Waals surface area contributed by atoms with Crippen LogP contribution in [0.1, 0.15) is 10.4 Å². The highest BCUT2D eigenvalue weighted by Gasteiger charge is 2.11. The SMILES string of the molecule is C#CCNC(=O)c1cc(Cl)nc2ccccc12. The number of amides is 1. The van der Waals surface area contributed by atoms with E-state index in [0.29, 0.717) is 11.1 Å². The summed E-state index contributed by atoms with van der Waals surface area (Å²) in [5.41, 5.74) is 1.17. The first-order valence-corrected chi connectivity index (χ1v) is 5.37. The van der Waals surface area contributed by atoms with Crippen molar-refractivity contribution in [3.05, 3.63) is 41.0 Å². The van der Waals surface area contributed by atoms with Crippen molar-refractivity contribution in [2.24, 2.45) is 0 Å². The number of carbonyl (C=O) groups excluding carboxylic acids is 1. The van der Waals surface area contributed by atoms with Crippen molar-refractivity contribution < 1.29 is 4.79 Å². The van der Waals surface area contributed by atoms with Gasteiger partial charge >= 0.3 is 0 Å². The zero-order valence-corrected chi connectivity index (χ0v) is 9.66. The summed E-state index contributed by atoms with van der Waals surface area (Å²) in [5, 5.41) is 3.65. The maximum atomic E-state index is 11.9. The lowest BCUT2D eigenvalue weighted by molar-refractivity contribution is 0.0960. The Hall–Kier alpha value is -2.05. The highest BCUT2D eigenvalue weighted by Crippen LogP contribution is 2.20. The van der Waals surface area contributed by atoms with Crippen molar-refractivity contribution >= 4 is 28.4 Å². The summed E-state index contributed by atoms with van der Waals surface area (Å²) in [4.78, 5) is 16.0. The van der Waals surface area contributed by atoms with Gasteiger partial charge in [0.05, 0.1) is 17.6 Å². The highest BCUT2D eigenvalue weighted by molar-refractivity contribution is 6.30. The van der Waals surface area contributed by atoms with Crippen LogP contribution in [0.25, 0.3) is 10.9 Å². The lowest BCUT2D eigenvalue weighted by Gasteiger charge is -2.06. The van der Waals surface area contributed by atoms with Crippen LogP contribution in [-0.2, 0) is 0 Å². The van der Waals surface area contributed by atoms with E-state index in [0.717, 1.165) is 5.39 Å². The molecule has 0 spiro atoms. The minimum absolute atomic E-state index is 0.188. The molecule has 84 valence electrons. The fourth-order valence-corrected chi connectivity index (χ4v) is 1.76. The number of rotatable bonds is 2. The smallest absolute Gasteiger partial charge is 0.252 e. The lowest BCUT2D eigenvalue weighted by atomic mass is 10.1. The van der Waals surface area contributed by atoms with E-state index in [-0.39, 0.29) is 17.6 Å². The van der Waals surface area contributed by atoms with Crippen LogP contribution < -0.4 is 5.32 Å². The normalized spacial score (nSPS) is 9.88. The first-order valence-electron chi connectivity index (χ1n) is 4.99. The Balaban J connectivity index is 2.53. The number of halogens is 1. The topological polar surface area (TPSA) is 42.0 Å². The van der Waals surface area contributed by atoms with Crippen LogP contribution in [0.3, 0.4) is 0 Å². The summed E-state index contributed by atoms with van der Waals surface area (Å²) in [6.45, 7) is 0.188. The Morgan fingerprint density at radius 2 is 2.24 bits per heavy atom. The van der Waals surface area contributed by atoms with Crippen LogP contribution >= 0.6 is 11.6 Å². The summed E-state index contributed by atoms with van der Waals surface area (Å²) < 4.78 is 0. The summed E-state index contributed by atoms with van der Waals surface area (Å²) in [5.74, 6) is 2.10. The highest BCUT2D eigenvalue weighted by atomic mass is 35.5. The quantitative estimate of drug-likeness (QED) is 0.650. The Kier molecular flexibility index (Phi) is 3.27. The molecule has 1 aromatic heterocycles. The predicted molar refractivity (Wildman–Crippen MR) is 67.9 cm³/mol. The second-order valence-electron chi connectivity index (χ2n) is 3.40. The molecule has 0 bridgehead atoms. The minimum atomic E-state index is -0.247. The van der Waals surface area contributed by atoms with Crippen molar-refractivity contribution in [3.63, 3.8) is 0 Å². The molecule has 0 radical (unpaired) electrons. The Bertz CT molecular complexity index is 616. The van der Waals surface area contributed by atoms with E-state index in [4.69, 9.17) is 18.0 Å². The Labute approximate surface area is 104 Å². The van der Waals surface area contributed by atoms with Gasteiger partial charge in [0.1, 0.15) is 5.15 Å². The van der Waals surface area contributed by atoms with E-state index in [2.05, 4.69) is 16.2 Å². The molecular weight excluding hydrogens is 236 g/mol. The number of aromatic nitrogens is 1. The average molecular weight is 245 g/mol. The molecule has 2 rings (SSSR count). The van der Waals surface area contributed by atoms with Crippen molar-refractivity contribution in [3.8, 4) is 12.3 Å². The first kappa shape index (κ1) is 11.4. The molecule has 1 amide bonds. The third-order valence-corrected chi connectivity index (χ3v) is 2.47. The number of hydrogen-bond donors (Lipinski definition) is 1. The molecule has 4 heteroatoms. The molecule has 1 aromatic carbocycles. The maximum absolute atomic E-state index is 11.9. The number of hydrogen-bond acceptors (Lipinski definition) is 2. The van der Waals surface area contributed by atoms with E-state index in [9.17, 15) is 4.79 Å². The van der Waals surface area contributed by atoms with Gasteiger partial charge in [0.25, 0.3) is 5.91 Å². The Morgan fingerprint density at radius 3 is 3.00 bits per heavy atom. The molecule has 2 aromatic rings. The van der Waals surface area contributed by atoms with Gasteiger partial charge in [-0.25, -0.2) is 4.98 Å². The second-order valence-corrected chi connectivity index (χ2v) is 3.78. The largest absolute Gasteiger partial charge is 0.341 e.